The van der Waals surface area contributed by atoms with Gasteiger partial charge in [-0.05, 0) is 12.1 Å². The summed E-state index contributed by atoms with van der Waals surface area (Å²) in [5, 5.41) is 8.33. The van der Waals surface area contributed by atoms with Crippen LogP contribution in [-0.4, -0.2) is 41.7 Å². The topological polar surface area (TPSA) is 76.1 Å². The van der Waals surface area contributed by atoms with E-state index < -0.39 is 6.10 Å². The predicted molar refractivity (Wildman–Crippen MR) is 76.6 cm³/mol. The van der Waals surface area contributed by atoms with Crippen LogP contribution in [-0.2, 0) is 9.53 Å². The summed E-state index contributed by atoms with van der Waals surface area (Å²) < 4.78 is 5.39. The Hall–Kier alpha value is -1.83. The van der Waals surface area contributed by atoms with Gasteiger partial charge < -0.3 is 10.1 Å². The smallest absolute Gasteiger partial charge is 0.256 e. The van der Waals surface area contributed by atoms with Crippen LogP contribution in [0.15, 0.2) is 29.8 Å². The molecule has 1 aliphatic rings. The van der Waals surface area contributed by atoms with E-state index in [1.807, 2.05) is 23.6 Å². The van der Waals surface area contributed by atoms with Crippen molar-refractivity contribution < 1.29 is 9.53 Å². The van der Waals surface area contributed by atoms with Gasteiger partial charge >= 0.3 is 0 Å². The van der Waals surface area contributed by atoms with Crippen molar-refractivity contribution in [1.82, 2.24) is 15.3 Å². The zero-order chi connectivity index (χ0) is 13.8. The van der Waals surface area contributed by atoms with E-state index in [4.69, 9.17) is 4.74 Å². The maximum absolute atomic E-state index is 12.0. The minimum absolute atomic E-state index is 0.167. The van der Waals surface area contributed by atoms with Crippen molar-refractivity contribution in [3.63, 3.8) is 0 Å². The number of rotatable bonds is 3. The molecule has 2 N–H and O–H groups in total. The van der Waals surface area contributed by atoms with Crippen molar-refractivity contribution in [3.8, 4) is 11.4 Å². The third-order valence-electron chi connectivity index (χ3n) is 2.88. The number of aromatic nitrogens is 2. The van der Waals surface area contributed by atoms with Crippen LogP contribution in [0.5, 0.6) is 0 Å². The molecule has 1 fully saturated rings. The van der Waals surface area contributed by atoms with Crippen LogP contribution in [0.4, 0.5) is 5.13 Å². The van der Waals surface area contributed by atoms with Gasteiger partial charge in [0.2, 0.25) is 0 Å². The zero-order valence-electron chi connectivity index (χ0n) is 10.7. The lowest BCUT2D eigenvalue weighted by molar-refractivity contribution is -0.128. The Bertz CT molecular complexity index is 581. The average Bonchev–Trinajstić information content (AvgIpc) is 2.97. The summed E-state index contributed by atoms with van der Waals surface area (Å²) >= 11 is 1.38. The van der Waals surface area contributed by atoms with Gasteiger partial charge in [0.05, 0.1) is 12.3 Å². The summed E-state index contributed by atoms with van der Waals surface area (Å²) in [7, 11) is 0. The van der Waals surface area contributed by atoms with E-state index in [0.29, 0.717) is 18.3 Å². The highest BCUT2D eigenvalue weighted by Gasteiger charge is 2.22. The third kappa shape index (κ3) is 3.01. The Labute approximate surface area is 120 Å². The maximum Gasteiger partial charge on any atom is 0.256 e. The van der Waals surface area contributed by atoms with Crippen molar-refractivity contribution in [3.05, 3.63) is 29.8 Å². The highest BCUT2D eigenvalue weighted by Crippen LogP contribution is 2.23. The Morgan fingerprint density at radius 3 is 3.15 bits per heavy atom. The quantitative estimate of drug-likeness (QED) is 0.886. The molecule has 7 heteroatoms. The number of morpholine rings is 1. The number of hydrogen-bond acceptors (Lipinski definition) is 6. The molecule has 1 saturated heterocycles. The zero-order valence-corrected chi connectivity index (χ0v) is 11.5. The Kier molecular flexibility index (Phi) is 4.00. The van der Waals surface area contributed by atoms with Crippen LogP contribution < -0.4 is 10.6 Å². The number of nitrogens with one attached hydrogen (secondary N) is 2. The highest BCUT2D eigenvalue weighted by atomic mass is 32.1. The largest absolute Gasteiger partial charge is 0.366 e. The molecule has 0 spiro atoms. The number of nitrogens with zero attached hydrogens (tertiary/aromatic N) is 2. The van der Waals surface area contributed by atoms with Crippen molar-refractivity contribution in [2.24, 2.45) is 0 Å². The molecular weight excluding hydrogens is 276 g/mol. The van der Waals surface area contributed by atoms with Crippen LogP contribution in [0.1, 0.15) is 0 Å². The van der Waals surface area contributed by atoms with Crippen LogP contribution in [0.3, 0.4) is 0 Å². The fourth-order valence-electron chi connectivity index (χ4n) is 1.88. The van der Waals surface area contributed by atoms with Gasteiger partial charge in [0.1, 0.15) is 11.8 Å². The van der Waals surface area contributed by atoms with Gasteiger partial charge in [-0.3, -0.25) is 15.1 Å². The van der Waals surface area contributed by atoms with E-state index in [0.717, 1.165) is 17.9 Å². The summed E-state index contributed by atoms with van der Waals surface area (Å²) in [4.78, 5) is 20.6. The molecule has 0 saturated carbocycles. The standard InChI is InChI=1S/C13H14N4O2S/c18-12(11-7-14-5-6-19-11)17-13-16-10(8-20-13)9-3-1-2-4-15-9/h1-4,8,11,14H,5-7H2,(H,16,17,18). The molecule has 0 aromatic carbocycles. The number of thiazole rings is 1. The number of carbonyl (C=O) groups is 1. The predicted octanol–water partition coefficient (Wildman–Crippen LogP) is 1.13. The molecule has 2 aromatic rings. The first-order valence-electron chi connectivity index (χ1n) is 6.33. The van der Waals surface area contributed by atoms with E-state index >= 15 is 0 Å². The van der Waals surface area contributed by atoms with Gasteiger partial charge in [0, 0.05) is 24.7 Å². The van der Waals surface area contributed by atoms with Gasteiger partial charge in [0.25, 0.3) is 5.91 Å². The van der Waals surface area contributed by atoms with Crippen molar-refractivity contribution >= 4 is 22.4 Å². The second-order valence-corrected chi connectivity index (χ2v) is 5.16. The second kappa shape index (κ2) is 6.08. The molecule has 20 heavy (non-hydrogen) atoms. The van der Waals surface area contributed by atoms with Gasteiger partial charge in [-0.15, -0.1) is 11.3 Å². The van der Waals surface area contributed by atoms with E-state index in [-0.39, 0.29) is 5.91 Å². The summed E-state index contributed by atoms with van der Waals surface area (Å²) in [5.41, 5.74) is 1.55. The van der Waals surface area contributed by atoms with E-state index in [9.17, 15) is 4.79 Å². The molecule has 0 aliphatic carbocycles. The van der Waals surface area contributed by atoms with E-state index in [1.54, 1.807) is 6.20 Å². The van der Waals surface area contributed by atoms with Crippen LogP contribution in [0.2, 0.25) is 0 Å². The number of anilines is 1. The van der Waals surface area contributed by atoms with Crippen molar-refractivity contribution in [2.75, 3.05) is 25.0 Å². The summed E-state index contributed by atoms with van der Waals surface area (Å²) in [5.74, 6) is -0.167. The molecule has 3 heterocycles. The van der Waals surface area contributed by atoms with Crippen LogP contribution in [0, 0.1) is 0 Å². The number of carbonyl (C=O) groups excluding carboxylic acids is 1. The first-order valence-corrected chi connectivity index (χ1v) is 7.21. The van der Waals surface area contributed by atoms with Gasteiger partial charge in [0.15, 0.2) is 5.13 Å². The fourth-order valence-corrected chi connectivity index (χ4v) is 2.59. The average molecular weight is 290 g/mol. The monoisotopic (exact) mass is 290 g/mol. The molecule has 104 valence electrons. The summed E-state index contributed by atoms with van der Waals surface area (Å²) in [6.45, 7) is 1.87. The Balaban J connectivity index is 1.66. The Morgan fingerprint density at radius 1 is 1.45 bits per heavy atom. The lowest BCUT2D eigenvalue weighted by Crippen LogP contribution is -2.45. The number of amides is 1. The molecule has 0 bridgehead atoms. The SMILES string of the molecule is O=C(Nc1nc(-c2ccccn2)cs1)C1CNCCO1. The molecule has 6 nitrogen and oxygen atoms in total. The van der Waals surface area contributed by atoms with Gasteiger partial charge in [-0.1, -0.05) is 6.07 Å². The van der Waals surface area contributed by atoms with Crippen molar-refractivity contribution in [2.45, 2.75) is 6.10 Å². The first kappa shape index (κ1) is 13.2. The number of hydrogen-bond donors (Lipinski definition) is 2. The second-order valence-electron chi connectivity index (χ2n) is 4.31. The summed E-state index contributed by atoms with van der Waals surface area (Å²) in [6.07, 6.45) is 1.26. The molecule has 3 rings (SSSR count). The van der Waals surface area contributed by atoms with E-state index in [2.05, 4.69) is 20.6 Å². The molecule has 1 amide bonds. The fraction of sp³-hybridized carbons (Fsp3) is 0.308. The normalized spacial score (nSPS) is 18.7. The van der Waals surface area contributed by atoms with Crippen molar-refractivity contribution in [1.29, 1.82) is 0 Å². The lowest BCUT2D eigenvalue weighted by atomic mass is 10.3. The highest BCUT2D eigenvalue weighted by molar-refractivity contribution is 7.14. The van der Waals surface area contributed by atoms with Gasteiger partial charge in [-0.2, -0.15) is 0 Å². The third-order valence-corrected chi connectivity index (χ3v) is 3.64. The molecule has 2 aromatic heterocycles. The van der Waals surface area contributed by atoms with Gasteiger partial charge in [-0.25, -0.2) is 4.98 Å². The van der Waals surface area contributed by atoms with Crippen LogP contribution >= 0.6 is 11.3 Å². The summed E-state index contributed by atoms with van der Waals surface area (Å²) in [6, 6.07) is 5.64. The molecule has 1 unspecified atom stereocenters. The van der Waals surface area contributed by atoms with E-state index in [1.165, 1.54) is 11.3 Å². The molecule has 1 aliphatic heterocycles. The first-order chi connectivity index (χ1) is 9.83. The molecule has 0 radical (unpaired) electrons. The maximum atomic E-state index is 12.0. The Morgan fingerprint density at radius 2 is 2.40 bits per heavy atom. The van der Waals surface area contributed by atoms with Crippen LogP contribution in [0.25, 0.3) is 11.4 Å². The lowest BCUT2D eigenvalue weighted by Gasteiger charge is -2.22. The number of ether oxygens (including phenoxy) is 1. The molecule has 1 atom stereocenters. The molecular formula is C13H14N4O2S. The minimum Gasteiger partial charge on any atom is -0.366 e. The minimum atomic E-state index is -0.453. The number of pyridine rings is 1.